The minimum absolute atomic E-state index is 0.00935. The van der Waals surface area contributed by atoms with E-state index in [1.807, 2.05) is 35.2 Å². The second-order valence-electron chi connectivity index (χ2n) is 8.37. The van der Waals surface area contributed by atoms with Gasteiger partial charge in [0.25, 0.3) is 5.91 Å². The van der Waals surface area contributed by atoms with Crippen LogP contribution in [0.5, 0.6) is 0 Å². The molecule has 1 aromatic rings. The van der Waals surface area contributed by atoms with Gasteiger partial charge in [0, 0.05) is 25.6 Å². The van der Waals surface area contributed by atoms with Gasteiger partial charge in [0.05, 0.1) is 13.2 Å². The Morgan fingerprint density at radius 1 is 1.07 bits per heavy atom. The molecule has 0 radical (unpaired) electrons. The molecule has 1 aliphatic carbocycles. The van der Waals surface area contributed by atoms with Gasteiger partial charge in [0.15, 0.2) is 0 Å². The Morgan fingerprint density at radius 3 is 2.34 bits per heavy atom. The summed E-state index contributed by atoms with van der Waals surface area (Å²) < 4.78 is 0. The van der Waals surface area contributed by atoms with E-state index >= 15 is 0 Å². The van der Waals surface area contributed by atoms with Crippen molar-refractivity contribution in [2.75, 3.05) is 26.2 Å². The number of urea groups is 1. The fourth-order valence-electron chi connectivity index (χ4n) is 5.08. The van der Waals surface area contributed by atoms with E-state index in [-0.39, 0.29) is 36.9 Å². The lowest BCUT2D eigenvalue weighted by atomic mass is 9.85. The van der Waals surface area contributed by atoms with E-state index in [4.69, 9.17) is 0 Å². The lowest BCUT2D eigenvalue weighted by Gasteiger charge is -2.42. The maximum Gasteiger partial charge on any atom is 0.328 e. The number of likely N-dealkylation sites (tertiary alicyclic amines) is 1. The monoisotopic (exact) mass is 399 g/mol. The highest BCUT2D eigenvalue weighted by atomic mass is 16.3. The van der Waals surface area contributed by atoms with Crippen molar-refractivity contribution in [3.05, 3.63) is 35.9 Å². The first-order valence-corrected chi connectivity index (χ1v) is 10.6. The van der Waals surface area contributed by atoms with Gasteiger partial charge in [-0.25, -0.2) is 4.79 Å². The number of β-amino-alcohol motifs (C(OH)–C–C–N with tert-alkyl or cyclic N) is 1. The fraction of sp³-hybridized carbons (Fsp3) is 0.591. The molecule has 3 fully saturated rings. The number of hydrogen-bond donors (Lipinski definition) is 1. The standard InChI is InChI=1S/C22H29N3O4/c26-15-14-24-20(28)22(25(21(24)29)16-17-6-2-1-3-7-17)10-12-23(13-11-22)19(27)18-8-4-5-9-18/h1-3,6-7,18,26H,4-5,8-16H2. The Balaban J connectivity index is 1.54. The van der Waals surface area contributed by atoms with Crippen LogP contribution in [-0.4, -0.2) is 69.4 Å². The molecule has 7 nitrogen and oxygen atoms in total. The Labute approximate surface area is 171 Å². The summed E-state index contributed by atoms with van der Waals surface area (Å²) in [7, 11) is 0. The molecule has 2 saturated heterocycles. The first-order valence-electron chi connectivity index (χ1n) is 10.6. The number of benzene rings is 1. The van der Waals surface area contributed by atoms with E-state index < -0.39 is 5.54 Å². The molecule has 4 amide bonds. The molecule has 0 bridgehead atoms. The number of aliphatic hydroxyl groups excluding tert-OH is 1. The third kappa shape index (κ3) is 3.52. The third-order valence-electron chi connectivity index (χ3n) is 6.74. The summed E-state index contributed by atoms with van der Waals surface area (Å²) in [5, 5.41) is 9.34. The summed E-state index contributed by atoms with van der Waals surface area (Å²) in [6.07, 6.45) is 5.05. The predicted octanol–water partition coefficient (Wildman–Crippen LogP) is 1.99. The smallest absolute Gasteiger partial charge is 0.328 e. The number of carbonyl (C=O) groups is 3. The first kappa shape index (κ1) is 19.9. The van der Waals surface area contributed by atoms with E-state index in [0.29, 0.717) is 32.5 Å². The van der Waals surface area contributed by atoms with Crippen LogP contribution in [0.1, 0.15) is 44.1 Å². The molecule has 3 aliphatic rings. The third-order valence-corrected chi connectivity index (χ3v) is 6.74. The molecular weight excluding hydrogens is 370 g/mol. The van der Waals surface area contributed by atoms with Crippen LogP contribution in [0.15, 0.2) is 30.3 Å². The summed E-state index contributed by atoms with van der Waals surface area (Å²) in [4.78, 5) is 43.8. The van der Waals surface area contributed by atoms with Crippen LogP contribution in [0.2, 0.25) is 0 Å². The molecule has 1 saturated carbocycles. The zero-order chi connectivity index (χ0) is 20.4. The molecule has 1 N–H and O–H groups in total. The molecule has 1 aromatic carbocycles. The van der Waals surface area contributed by atoms with Crippen LogP contribution in [0.3, 0.4) is 0 Å². The van der Waals surface area contributed by atoms with Gasteiger partial charge in [-0.05, 0) is 31.2 Å². The van der Waals surface area contributed by atoms with Gasteiger partial charge < -0.3 is 14.9 Å². The summed E-state index contributed by atoms with van der Waals surface area (Å²) in [5.41, 5.74) is 0.0393. The quantitative estimate of drug-likeness (QED) is 0.768. The molecule has 4 rings (SSSR count). The molecule has 156 valence electrons. The number of hydrogen-bond acceptors (Lipinski definition) is 4. The molecule has 29 heavy (non-hydrogen) atoms. The number of nitrogens with zero attached hydrogens (tertiary/aromatic N) is 3. The number of amides is 4. The molecule has 1 spiro atoms. The van der Waals surface area contributed by atoms with Gasteiger partial charge in [-0.2, -0.15) is 0 Å². The second kappa shape index (κ2) is 8.14. The molecule has 0 unspecified atom stereocenters. The molecular formula is C22H29N3O4. The van der Waals surface area contributed by atoms with Crippen molar-refractivity contribution in [2.45, 2.75) is 50.6 Å². The molecule has 7 heteroatoms. The van der Waals surface area contributed by atoms with Crippen LogP contribution in [-0.2, 0) is 16.1 Å². The van der Waals surface area contributed by atoms with Gasteiger partial charge in [-0.15, -0.1) is 0 Å². The predicted molar refractivity (Wildman–Crippen MR) is 107 cm³/mol. The minimum atomic E-state index is -0.922. The number of imide groups is 1. The minimum Gasteiger partial charge on any atom is -0.395 e. The van der Waals surface area contributed by atoms with Crippen LogP contribution in [0.4, 0.5) is 4.79 Å². The SMILES string of the molecule is O=C(C1CCCC1)N1CCC2(CC1)C(=O)N(CCO)C(=O)N2Cc1ccccc1. The van der Waals surface area contributed by atoms with Crippen LogP contribution in [0, 0.1) is 5.92 Å². The van der Waals surface area contributed by atoms with E-state index in [0.717, 1.165) is 31.2 Å². The molecule has 2 aliphatic heterocycles. The summed E-state index contributed by atoms with van der Waals surface area (Å²) in [6, 6.07) is 9.29. The van der Waals surface area contributed by atoms with E-state index in [1.165, 1.54) is 4.90 Å². The lowest BCUT2D eigenvalue weighted by molar-refractivity contribution is -0.143. The Hall–Kier alpha value is -2.41. The highest BCUT2D eigenvalue weighted by molar-refractivity contribution is 6.07. The topological polar surface area (TPSA) is 81.2 Å². The van der Waals surface area contributed by atoms with Crippen LogP contribution in [0.25, 0.3) is 0 Å². The lowest BCUT2D eigenvalue weighted by Crippen LogP contribution is -2.57. The van der Waals surface area contributed by atoms with Crippen molar-refractivity contribution >= 4 is 17.8 Å². The average molecular weight is 399 g/mol. The number of piperidine rings is 1. The summed E-state index contributed by atoms with van der Waals surface area (Å²) in [5.74, 6) is 0.0904. The number of rotatable bonds is 5. The van der Waals surface area contributed by atoms with Crippen LogP contribution >= 0.6 is 0 Å². The normalized spacial score (nSPS) is 22.2. The summed E-state index contributed by atoms with van der Waals surface area (Å²) >= 11 is 0. The fourth-order valence-corrected chi connectivity index (χ4v) is 5.08. The highest BCUT2D eigenvalue weighted by Gasteiger charge is 2.58. The van der Waals surface area contributed by atoms with Gasteiger partial charge in [-0.1, -0.05) is 43.2 Å². The average Bonchev–Trinajstić information content (AvgIpc) is 3.35. The van der Waals surface area contributed by atoms with Crippen molar-refractivity contribution < 1.29 is 19.5 Å². The number of carbonyl (C=O) groups excluding carboxylic acids is 3. The van der Waals surface area contributed by atoms with Gasteiger partial charge in [0.2, 0.25) is 5.91 Å². The number of aliphatic hydroxyl groups is 1. The Kier molecular flexibility index (Phi) is 5.58. The Morgan fingerprint density at radius 2 is 1.72 bits per heavy atom. The van der Waals surface area contributed by atoms with E-state index in [9.17, 15) is 19.5 Å². The molecule has 2 heterocycles. The van der Waals surface area contributed by atoms with E-state index in [1.54, 1.807) is 4.90 Å². The van der Waals surface area contributed by atoms with Crippen molar-refractivity contribution in [3.63, 3.8) is 0 Å². The van der Waals surface area contributed by atoms with Crippen molar-refractivity contribution in [1.82, 2.24) is 14.7 Å². The maximum absolute atomic E-state index is 13.3. The van der Waals surface area contributed by atoms with Crippen LogP contribution < -0.4 is 0 Å². The highest BCUT2D eigenvalue weighted by Crippen LogP contribution is 2.39. The van der Waals surface area contributed by atoms with Crippen molar-refractivity contribution in [3.8, 4) is 0 Å². The summed E-state index contributed by atoms with van der Waals surface area (Å²) in [6.45, 7) is 1.09. The van der Waals surface area contributed by atoms with Gasteiger partial charge in [0.1, 0.15) is 5.54 Å². The Bertz CT molecular complexity index is 768. The van der Waals surface area contributed by atoms with Gasteiger partial charge >= 0.3 is 6.03 Å². The first-order chi connectivity index (χ1) is 14.1. The zero-order valence-electron chi connectivity index (χ0n) is 16.8. The van der Waals surface area contributed by atoms with Crippen molar-refractivity contribution in [1.29, 1.82) is 0 Å². The zero-order valence-corrected chi connectivity index (χ0v) is 16.8. The van der Waals surface area contributed by atoms with Crippen molar-refractivity contribution in [2.24, 2.45) is 5.92 Å². The second-order valence-corrected chi connectivity index (χ2v) is 8.37. The van der Waals surface area contributed by atoms with E-state index in [2.05, 4.69) is 0 Å². The van der Waals surface area contributed by atoms with Gasteiger partial charge in [-0.3, -0.25) is 14.5 Å². The maximum atomic E-state index is 13.3. The largest absolute Gasteiger partial charge is 0.395 e. The molecule has 0 atom stereocenters. The molecule has 0 aromatic heterocycles.